The highest BCUT2D eigenvalue weighted by Crippen LogP contribution is 2.31. The normalized spacial score (nSPS) is 15.0. The monoisotopic (exact) mass is 380 g/mol. The molecule has 0 radical (unpaired) electrons. The van der Waals surface area contributed by atoms with E-state index in [1.165, 1.54) is 11.8 Å². The van der Waals surface area contributed by atoms with Crippen molar-refractivity contribution in [2.75, 3.05) is 24.9 Å². The second kappa shape index (κ2) is 8.60. The average Bonchev–Trinajstić information content (AvgIpc) is 3.02. The summed E-state index contributed by atoms with van der Waals surface area (Å²) in [5.74, 6) is 1.92. The highest BCUT2D eigenvalue weighted by atomic mass is 32.2. The van der Waals surface area contributed by atoms with E-state index in [2.05, 4.69) is 11.6 Å². The Morgan fingerprint density at radius 3 is 2.52 bits per heavy atom. The van der Waals surface area contributed by atoms with Crippen LogP contribution in [0.2, 0.25) is 0 Å². The zero-order valence-electron chi connectivity index (χ0n) is 15.2. The highest BCUT2D eigenvalue weighted by molar-refractivity contribution is 8.14. The average molecular weight is 380 g/mol. The Morgan fingerprint density at radius 2 is 1.85 bits per heavy atom. The van der Waals surface area contributed by atoms with Gasteiger partial charge in [0.15, 0.2) is 5.17 Å². The molecule has 0 saturated carbocycles. The molecule has 0 unspecified atom stereocenters. The summed E-state index contributed by atoms with van der Waals surface area (Å²) in [7, 11) is 3.22. The van der Waals surface area contributed by atoms with Crippen molar-refractivity contribution in [2.45, 2.75) is 0 Å². The Morgan fingerprint density at radius 1 is 1.11 bits per heavy atom. The van der Waals surface area contributed by atoms with Crippen molar-refractivity contribution in [3.63, 3.8) is 0 Å². The van der Waals surface area contributed by atoms with Gasteiger partial charge in [0.05, 0.1) is 19.9 Å². The quantitative estimate of drug-likeness (QED) is 0.552. The van der Waals surface area contributed by atoms with Crippen LogP contribution in [0, 0.1) is 0 Å². The Balaban J connectivity index is 1.96. The smallest absolute Gasteiger partial charge is 0.283 e. The van der Waals surface area contributed by atoms with Crippen LogP contribution >= 0.6 is 11.8 Å². The predicted molar refractivity (Wildman–Crippen MR) is 112 cm³/mol. The van der Waals surface area contributed by atoms with Gasteiger partial charge in [-0.05, 0) is 35.9 Å². The number of methoxy groups -OCH3 is 2. The third kappa shape index (κ3) is 4.23. The number of amides is 1. The van der Waals surface area contributed by atoms with Crippen LogP contribution in [-0.2, 0) is 4.79 Å². The van der Waals surface area contributed by atoms with Crippen LogP contribution in [0.15, 0.2) is 71.9 Å². The summed E-state index contributed by atoms with van der Waals surface area (Å²) in [6.07, 6.45) is 3.56. The third-order valence-electron chi connectivity index (χ3n) is 3.89. The van der Waals surface area contributed by atoms with Crippen molar-refractivity contribution in [3.05, 3.63) is 72.4 Å². The predicted octanol–water partition coefficient (Wildman–Crippen LogP) is 4.37. The van der Waals surface area contributed by atoms with Gasteiger partial charge < -0.3 is 9.47 Å². The van der Waals surface area contributed by atoms with Crippen LogP contribution in [0.3, 0.4) is 0 Å². The van der Waals surface area contributed by atoms with Crippen molar-refractivity contribution in [3.8, 4) is 11.5 Å². The fraction of sp³-hybridized carbons (Fsp3) is 0.143. The lowest BCUT2D eigenvalue weighted by atomic mass is 10.2. The summed E-state index contributed by atoms with van der Waals surface area (Å²) in [4.78, 5) is 19.2. The number of anilines is 1. The number of amidine groups is 1. The molecule has 3 rings (SSSR count). The van der Waals surface area contributed by atoms with Gasteiger partial charge in [0.2, 0.25) is 0 Å². The molecule has 0 spiro atoms. The van der Waals surface area contributed by atoms with Crippen molar-refractivity contribution >= 4 is 34.6 Å². The number of carbonyl (C=O) groups excluding carboxylic acids is 1. The number of thioether (sulfide) groups is 1. The summed E-state index contributed by atoms with van der Waals surface area (Å²) in [5, 5.41) is 0.618. The molecule has 0 saturated heterocycles. The maximum absolute atomic E-state index is 13.0. The molecule has 6 heteroatoms. The molecule has 2 aromatic rings. The van der Waals surface area contributed by atoms with Gasteiger partial charge >= 0.3 is 0 Å². The number of rotatable bonds is 6. The van der Waals surface area contributed by atoms with Gasteiger partial charge in [-0.15, -0.1) is 6.58 Å². The first kappa shape index (κ1) is 18.8. The van der Waals surface area contributed by atoms with Gasteiger partial charge in [-0.2, -0.15) is 0 Å². The van der Waals surface area contributed by atoms with Gasteiger partial charge in [0, 0.05) is 11.8 Å². The number of aliphatic imine (C=N–C) groups is 1. The zero-order valence-corrected chi connectivity index (χ0v) is 16.0. The van der Waals surface area contributed by atoms with E-state index in [9.17, 15) is 4.79 Å². The van der Waals surface area contributed by atoms with Gasteiger partial charge in [-0.1, -0.05) is 36.0 Å². The number of benzene rings is 2. The van der Waals surface area contributed by atoms with Crippen LogP contribution < -0.4 is 14.4 Å². The molecule has 1 aliphatic rings. The molecule has 0 aromatic heterocycles. The first-order valence-corrected chi connectivity index (χ1v) is 9.31. The van der Waals surface area contributed by atoms with Crippen LogP contribution in [0.1, 0.15) is 5.56 Å². The first-order chi connectivity index (χ1) is 13.2. The van der Waals surface area contributed by atoms with Crippen LogP contribution in [0.25, 0.3) is 6.08 Å². The zero-order chi connectivity index (χ0) is 19.2. The topological polar surface area (TPSA) is 51.1 Å². The maximum Gasteiger partial charge on any atom is 0.283 e. The largest absolute Gasteiger partial charge is 0.497 e. The van der Waals surface area contributed by atoms with E-state index in [1.54, 1.807) is 31.3 Å². The molecular formula is C21H20N2O3S. The Kier molecular flexibility index (Phi) is 5.98. The maximum atomic E-state index is 13.0. The van der Waals surface area contributed by atoms with Crippen molar-refractivity contribution in [1.82, 2.24) is 0 Å². The van der Waals surface area contributed by atoms with Gasteiger partial charge in [0.25, 0.3) is 5.91 Å². The molecule has 0 atom stereocenters. The molecule has 5 nitrogen and oxygen atoms in total. The van der Waals surface area contributed by atoms with E-state index < -0.39 is 0 Å². The van der Waals surface area contributed by atoms with E-state index >= 15 is 0 Å². The van der Waals surface area contributed by atoms with E-state index in [0.717, 1.165) is 11.3 Å². The molecule has 0 N–H and O–H groups in total. The Labute approximate surface area is 163 Å². The van der Waals surface area contributed by atoms with E-state index in [4.69, 9.17) is 9.47 Å². The SMILES string of the molecule is C=CCSC1=N/C(=C/c2ccc(OC)cc2)C(=O)N1c1cccc(OC)c1. The lowest BCUT2D eigenvalue weighted by Gasteiger charge is -2.18. The lowest BCUT2D eigenvalue weighted by Crippen LogP contribution is -2.30. The van der Waals surface area contributed by atoms with E-state index in [-0.39, 0.29) is 5.91 Å². The summed E-state index contributed by atoms with van der Waals surface area (Å²) in [6.45, 7) is 3.74. The number of carbonyl (C=O) groups is 1. The van der Waals surface area contributed by atoms with Crippen LogP contribution in [0.4, 0.5) is 5.69 Å². The van der Waals surface area contributed by atoms with Crippen LogP contribution in [-0.4, -0.2) is 31.0 Å². The number of ether oxygens (including phenoxy) is 2. The van der Waals surface area contributed by atoms with Gasteiger partial charge in [0.1, 0.15) is 17.2 Å². The van der Waals surface area contributed by atoms with Crippen molar-refractivity contribution in [2.24, 2.45) is 4.99 Å². The Bertz CT molecular complexity index is 904. The molecule has 1 heterocycles. The fourth-order valence-corrected chi connectivity index (χ4v) is 3.31. The molecule has 2 aromatic carbocycles. The van der Waals surface area contributed by atoms with Crippen LogP contribution in [0.5, 0.6) is 11.5 Å². The molecule has 0 fully saturated rings. The summed E-state index contributed by atoms with van der Waals surface area (Å²) in [5.41, 5.74) is 1.98. The third-order valence-corrected chi connectivity index (χ3v) is 4.83. The molecule has 1 amide bonds. The van der Waals surface area contributed by atoms with Gasteiger partial charge in [-0.25, -0.2) is 4.99 Å². The van der Waals surface area contributed by atoms with E-state index in [1.807, 2.05) is 48.5 Å². The standard InChI is InChI=1S/C21H20N2O3S/c1-4-12-27-21-22-19(13-15-8-10-17(25-2)11-9-15)20(24)23(21)16-6-5-7-18(14-16)26-3/h4-11,13-14H,1,12H2,2-3H3/b19-13+. The molecule has 138 valence electrons. The van der Waals surface area contributed by atoms with Gasteiger partial charge in [-0.3, -0.25) is 9.69 Å². The second-order valence-electron chi connectivity index (χ2n) is 5.64. The number of nitrogens with zero attached hydrogens (tertiary/aromatic N) is 2. The number of hydrogen-bond acceptors (Lipinski definition) is 5. The molecular weight excluding hydrogens is 360 g/mol. The molecule has 27 heavy (non-hydrogen) atoms. The van der Waals surface area contributed by atoms with Crippen molar-refractivity contribution < 1.29 is 14.3 Å². The lowest BCUT2D eigenvalue weighted by molar-refractivity contribution is -0.113. The highest BCUT2D eigenvalue weighted by Gasteiger charge is 2.31. The summed E-state index contributed by atoms with van der Waals surface area (Å²) in [6, 6.07) is 14.8. The summed E-state index contributed by atoms with van der Waals surface area (Å²) < 4.78 is 10.5. The molecule has 0 bridgehead atoms. The van der Waals surface area contributed by atoms with Crippen molar-refractivity contribution in [1.29, 1.82) is 0 Å². The summed E-state index contributed by atoms with van der Waals surface area (Å²) >= 11 is 1.46. The second-order valence-corrected chi connectivity index (χ2v) is 6.63. The minimum absolute atomic E-state index is 0.175. The number of hydrogen-bond donors (Lipinski definition) is 0. The first-order valence-electron chi connectivity index (χ1n) is 8.33. The fourth-order valence-electron chi connectivity index (χ4n) is 2.56. The Hall–Kier alpha value is -2.99. The molecule has 1 aliphatic heterocycles. The minimum atomic E-state index is -0.175. The van der Waals surface area contributed by atoms with E-state index in [0.29, 0.717) is 28.1 Å². The minimum Gasteiger partial charge on any atom is -0.497 e. The molecule has 0 aliphatic carbocycles.